The molecule has 29 heavy (non-hydrogen) atoms. The Morgan fingerprint density at radius 3 is 2.34 bits per heavy atom. The summed E-state index contributed by atoms with van der Waals surface area (Å²) in [6, 6.07) is 16.7. The topological polar surface area (TPSA) is 76.6 Å². The molecule has 0 atom stereocenters. The number of methoxy groups -OCH3 is 2. The second-order valence-corrected chi connectivity index (χ2v) is 6.74. The highest BCUT2D eigenvalue weighted by atomic mass is 16.5. The van der Waals surface area contributed by atoms with Gasteiger partial charge in [-0.05, 0) is 53.9 Å². The van der Waals surface area contributed by atoms with Gasteiger partial charge in [-0.25, -0.2) is 0 Å². The summed E-state index contributed by atoms with van der Waals surface area (Å²) in [5, 5.41) is 11.2. The Bertz CT molecular complexity index is 1010. The molecule has 1 aliphatic heterocycles. The van der Waals surface area contributed by atoms with Gasteiger partial charge in [-0.3, -0.25) is 4.79 Å². The number of rotatable bonds is 5. The van der Waals surface area contributed by atoms with Gasteiger partial charge >= 0.3 is 0 Å². The molecule has 0 aliphatic carbocycles. The highest BCUT2D eigenvalue weighted by molar-refractivity contribution is 6.03. The number of benzene rings is 2. The van der Waals surface area contributed by atoms with E-state index in [1.54, 1.807) is 32.4 Å². The van der Waals surface area contributed by atoms with Gasteiger partial charge in [0.2, 0.25) is 0 Å². The molecule has 0 bridgehead atoms. The minimum Gasteiger partial charge on any atom is -0.493 e. The SMILES string of the molecule is COc1cc2c(cc1OC)CN(c1ccc(NC(=O)c3ccccc3)nn1)CC2. The van der Waals surface area contributed by atoms with Crippen molar-refractivity contribution >= 4 is 17.5 Å². The van der Waals surface area contributed by atoms with Crippen LogP contribution >= 0.6 is 0 Å². The van der Waals surface area contributed by atoms with Crippen molar-refractivity contribution in [2.75, 3.05) is 31.0 Å². The van der Waals surface area contributed by atoms with Gasteiger partial charge in [0, 0.05) is 18.7 Å². The maximum Gasteiger partial charge on any atom is 0.256 e. The summed E-state index contributed by atoms with van der Waals surface area (Å²) in [5.41, 5.74) is 3.01. The molecule has 2 aromatic carbocycles. The number of hydrogen-bond acceptors (Lipinski definition) is 6. The van der Waals surface area contributed by atoms with Crippen LogP contribution in [0.2, 0.25) is 0 Å². The molecule has 2 heterocycles. The van der Waals surface area contributed by atoms with E-state index in [-0.39, 0.29) is 5.91 Å². The maximum atomic E-state index is 12.2. The summed E-state index contributed by atoms with van der Waals surface area (Å²) in [6.45, 7) is 1.53. The smallest absolute Gasteiger partial charge is 0.256 e. The third-order valence-electron chi connectivity index (χ3n) is 4.97. The highest BCUT2D eigenvalue weighted by Gasteiger charge is 2.21. The van der Waals surface area contributed by atoms with Gasteiger partial charge in [-0.1, -0.05) is 18.2 Å². The van der Waals surface area contributed by atoms with E-state index in [2.05, 4.69) is 20.4 Å². The number of nitrogens with one attached hydrogen (secondary N) is 1. The summed E-state index contributed by atoms with van der Waals surface area (Å²) in [4.78, 5) is 14.4. The van der Waals surface area contributed by atoms with E-state index in [0.29, 0.717) is 17.9 Å². The number of amides is 1. The molecular weight excluding hydrogens is 368 g/mol. The molecule has 0 fully saturated rings. The molecule has 1 aromatic heterocycles. The first-order valence-corrected chi connectivity index (χ1v) is 9.37. The Morgan fingerprint density at radius 1 is 0.966 bits per heavy atom. The molecule has 4 rings (SSSR count). The van der Waals surface area contributed by atoms with Crippen molar-refractivity contribution in [2.45, 2.75) is 13.0 Å². The van der Waals surface area contributed by atoms with Crippen LogP contribution < -0.4 is 19.7 Å². The number of fused-ring (bicyclic) bond motifs is 1. The molecule has 0 unspecified atom stereocenters. The number of hydrogen-bond donors (Lipinski definition) is 1. The van der Waals surface area contributed by atoms with Gasteiger partial charge in [-0.15, -0.1) is 10.2 Å². The van der Waals surface area contributed by atoms with E-state index >= 15 is 0 Å². The molecular formula is C22H22N4O3. The summed E-state index contributed by atoms with van der Waals surface area (Å²) in [5.74, 6) is 2.45. The van der Waals surface area contributed by atoms with Crippen molar-refractivity contribution in [1.29, 1.82) is 0 Å². The van der Waals surface area contributed by atoms with Crippen LogP contribution in [0, 0.1) is 0 Å². The van der Waals surface area contributed by atoms with Crippen molar-refractivity contribution < 1.29 is 14.3 Å². The lowest BCUT2D eigenvalue weighted by molar-refractivity contribution is 0.102. The molecule has 0 saturated carbocycles. The zero-order chi connectivity index (χ0) is 20.2. The molecule has 7 nitrogen and oxygen atoms in total. The van der Waals surface area contributed by atoms with Crippen molar-refractivity contribution in [2.24, 2.45) is 0 Å². The number of nitrogens with zero attached hydrogens (tertiary/aromatic N) is 3. The molecule has 1 amide bonds. The van der Waals surface area contributed by atoms with Crippen LogP contribution in [0.5, 0.6) is 11.5 Å². The quantitative estimate of drug-likeness (QED) is 0.720. The van der Waals surface area contributed by atoms with Crippen LogP contribution in [0.4, 0.5) is 11.6 Å². The van der Waals surface area contributed by atoms with Crippen LogP contribution in [0.15, 0.2) is 54.6 Å². The summed E-state index contributed by atoms with van der Waals surface area (Å²) in [7, 11) is 3.28. The predicted molar refractivity (Wildman–Crippen MR) is 111 cm³/mol. The first-order valence-electron chi connectivity index (χ1n) is 9.37. The Hall–Kier alpha value is -3.61. The van der Waals surface area contributed by atoms with Crippen LogP contribution in [-0.4, -0.2) is 36.9 Å². The Labute approximate surface area is 169 Å². The normalized spacial score (nSPS) is 12.8. The average Bonchev–Trinajstić information content (AvgIpc) is 2.78. The van der Waals surface area contributed by atoms with Crippen LogP contribution in [0.25, 0.3) is 0 Å². The van der Waals surface area contributed by atoms with Gasteiger partial charge in [-0.2, -0.15) is 0 Å². The van der Waals surface area contributed by atoms with Crippen LogP contribution in [0.3, 0.4) is 0 Å². The van der Waals surface area contributed by atoms with Crippen molar-refractivity contribution in [3.63, 3.8) is 0 Å². The Morgan fingerprint density at radius 2 is 1.69 bits per heavy atom. The fraction of sp³-hybridized carbons (Fsp3) is 0.227. The van der Waals surface area contributed by atoms with E-state index in [9.17, 15) is 4.79 Å². The lowest BCUT2D eigenvalue weighted by Crippen LogP contribution is -2.31. The summed E-state index contributed by atoms with van der Waals surface area (Å²) < 4.78 is 10.8. The Balaban J connectivity index is 1.47. The standard InChI is InChI=1S/C22H22N4O3/c1-28-18-12-16-10-11-26(14-17(16)13-19(18)29-2)21-9-8-20(24-25-21)23-22(27)15-6-4-3-5-7-15/h3-9,12-13H,10-11,14H2,1-2H3,(H,23,24,27). The first kappa shape index (κ1) is 18.7. The van der Waals surface area contributed by atoms with Crippen molar-refractivity contribution in [1.82, 2.24) is 10.2 Å². The average molecular weight is 390 g/mol. The summed E-state index contributed by atoms with van der Waals surface area (Å²) >= 11 is 0. The molecule has 0 saturated heterocycles. The van der Waals surface area contributed by atoms with E-state index in [0.717, 1.165) is 30.3 Å². The van der Waals surface area contributed by atoms with Crippen LogP contribution in [-0.2, 0) is 13.0 Å². The van der Waals surface area contributed by atoms with Gasteiger partial charge in [0.25, 0.3) is 5.91 Å². The third-order valence-corrected chi connectivity index (χ3v) is 4.97. The van der Waals surface area contributed by atoms with Crippen LogP contribution in [0.1, 0.15) is 21.5 Å². The maximum absolute atomic E-state index is 12.2. The van der Waals surface area contributed by atoms with Gasteiger partial charge in [0.1, 0.15) is 0 Å². The monoisotopic (exact) mass is 390 g/mol. The minimum absolute atomic E-state index is 0.208. The molecule has 3 aromatic rings. The van der Waals surface area contributed by atoms with Gasteiger partial charge in [0.15, 0.2) is 23.1 Å². The number of anilines is 2. The molecule has 7 heteroatoms. The minimum atomic E-state index is -0.208. The lowest BCUT2D eigenvalue weighted by Gasteiger charge is -2.30. The molecule has 0 spiro atoms. The molecule has 1 aliphatic rings. The molecule has 1 N–H and O–H groups in total. The second kappa shape index (κ2) is 8.18. The largest absolute Gasteiger partial charge is 0.493 e. The van der Waals surface area contributed by atoms with E-state index in [1.807, 2.05) is 36.4 Å². The number of carbonyl (C=O) groups is 1. The highest BCUT2D eigenvalue weighted by Crippen LogP contribution is 2.34. The van der Waals surface area contributed by atoms with E-state index in [1.165, 1.54) is 11.1 Å². The summed E-state index contributed by atoms with van der Waals surface area (Å²) in [6.07, 6.45) is 0.879. The number of ether oxygens (including phenoxy) is 2. The predicted octanol–water partition coefficient (Wildman–Crippen LogP) is 3.31. The lowest BCUT2D eigenvalue weighted by atomic mass is 9.99. The van der Waals surface area contributed by atoms with E-state index in [4.69, 9.17) is 9.47 Å². The van der Waals surface area contributed by atoms with E-state index < -0.39 is 0 Å². The number of carbonyl (C=O) groups excluding carboxylic acids is 1. The van der Waals surface area contributed by atoms with Crippen molar-refractivity contribution in [3.8, 4) is 11.5 Å². The second-order valence-electron chi connectivity index (χ2n) is 6.74. The third kappa shape index (κ3) is 3.99. The van der Waals surface area contributed by atoms with Gasteiger partial charge in [0.05, 0.1) is 14.2 Å². The van der Waals surface area contributed by atoms with Crippen molar-refractivity contribution in [3.05, 3.63) is 71.3 Å². The number of aromatic nitrogens is 2. The molecule has 148 valence electrons. The fourth-order valence-corrected chi connectivity index (χ4v) is 3.42. The Kier molecular flexibility index (Phi) is 5.29. The zero-order valence-electron chi connectivity index (χ0n) is 16.4. The zero-order valence-corrected chi connectivity index (χ0v) is 16.4. The van der Waals surface area contributed by atoms with Gasteiger partial charge < -0.3 is 19.7 Å². The molecule has 0 radical (unpaired) electrons. The first-order chi connectivity index (χ1) is 14.2. The fourth-order valence-electron chi connectivity index (χ4n) is 3.42.